The molecule has 1 saturated carbocycles. The van der Waals surface area contributed by atoms with Gasteiger partial charge >= 0.3 is 0 Å². The molecular formula is C17H25N3O3. The highest BCUT2D eigenvalue weighted by molar-refractivity contribution is 5.80. The topological polar surface area (TPSA) is 65.4 Å². The Morgan fingerprint density at radius 3 is 2.87 bits per heavy atom. The Kier molecular flexibility index (Phi) is 4.35. The van der Waals surface area contributed by atoms with Crippen molar-refractivity contribution in [3.8, 4) is 0 Å². The smallest absolute Gasteiger partial charge is 0.223 e. The SMILES string of the molecule is O=C(NC[C@H]1OCCc2cn(CC3CCOCC3)nc21)C1CC1. The molecule has 126 valence electrons. The first-order valence-corrected chi connectivity index (χ1v) is 8.83. The van der Waals surface area contributed by atoms with Crippen LogP contribution in [-0.2, 0) is 27.2 Å². The van der Waals surface area contributed by atoms with Gasteiger partial charge in [-0.2, -0.15) is 5.10 Å². The van der Waals surface area contributed by atoms with Crippen molar-refractivity contribution < 1.29 is 14.3 Å². The minimum atomic E-state index is -0.0996. The molecule has 2 fully saturated rings. The monoisotopic (exact) mass is 319 g/mol. The van der Waals surface area contributed by atoms with Crippen molar-refractivity contribution in [2.24, 2.45) is 11.8 Å². The Hall–Kier alpha value is -1.40. The van der Waals surface area contributed by atoms with Gasteiger partial charge in [-0.1, -0.05) is 0 Å². The summed E-state index contributed by atoms with van der Waals surface area (Å²) >= 11 is 0. The number of carbonyl (C=O) groups is 1. The van der Waals surface area contributed by atoms with Gasteiger partial charge < -0.3 is 14.8 Å². The van der Waals surface area contributed by atoms with E-state index in [2.05, 4.69) is 16.2 Å². The molecule has 6 heteroatoms. The Labute approximate surface area is 136 Å². The average molecular weight is 319 g/mol. The fraction of sp³-hybridized carbons (Fsp3) is 0.765. The molecule has 0 bridgehead atoms. The number of aromatic nitrogens is 2. The van der Waals surface area contributed by atoms with Crippen LogP contribution >= 0.6 is 0 Å². The highest BCUT2D eigenvalue weighted by Gasteiger charge is 2.31. The van der Waals surface area contributed by atoms with Crippen LogP contribution in [-0.4, -0.2) is 42.1 Å². The van der Waals surface area contributed by atoms with E-state index in [1.807, 2.05) is 0 Å². The van der Waals surface area contributed by atoms with E-state index in [-0.39, 0.29) is 17.9 Å². The first-order valence-electron chi connectivity index (χ1n) is 8.83. The van der Waals surface area contributed by atoms with Gasteiger partial charge in [0.05, 0.1) is 12.3 Å². The summed E-state index contributed by atoms with van der Waals surface area (Å²) in [6.45, 7) is 3.93. The molecule has 0 spiro atoms. The summed E-state index contributed by atoms with van der Waals surface area (Å²) in [6, 6.07) is 0. The molecule has 1 aromatic rings. The lowest BCUT2D eigenvalue weighted by Crippen LogP contribution is -2.32. The number of nitrogens with one attached hydrogen (secondary N) is 1. The molecule has 1 aliphatic carbocycles. The quantitative estimate of drug-likeness (QED) is 0.892. The van der Waals surface area contributed by atoms with Crippen molar-refractivity contribution in [2.45, 2.75) is 44.8 Å². The fourth-order valence-corrected chi connectivity index (χ4v) is 3.46. The van der Waals surface area contributed by atoms with E-state index in [0.717, 1.165) is 57.6 Å². The first-order chi connectivity index (χ1) is 11.3. The maximum absolute atomic E-state index is 11.8. The zero-order valence-electron chi connectivity index (χ0n) is 13.5. The average Bonchev–Trinajstić information content (AvgIpc) is 3.34. The van der Waals surface area contributed by atoms with Crippen LogP contribution in [0.3, 0.4) is 0 Å². The van der Waals surface area contributed by atoms with Crippen LogP contribution in [0, 0.1) is 11.8 Å². The summed E-state index contributed by atoms with van der Waals surface area (Å²) in [6.07, 6.45) is 7.27. The van der Waals surface area contributed by atoms with E-state index in [0.29, 0.717) is 19.1 Å². The lowest BCUT2D eigenvalue weighted by Gasteiger charge is -2.22. The second-order valence-corrected chi connectivity index (χ2v) is 6.95. The van der Waals surface area contributed by atoms with Crippen LogP contribution in [0.25, 0.3) is 0 Å². The van der Waals surface area contributed by atoms with Crippen LogP contribution in [0.5, 0.6) is 0 Å². The van der Waals surface area contributed by atoms with Crippen LogP contribution in [0.4, 0.5) is 0 Å². The van der Waals surface area contributed by atoms with E-state index in [1.54, 1.807) is 0 Å². The number of amides is 1. The minimum Gasteiger partial charge on any atom is -0.381 e. The third kappa shape index (κ3) is 3.58. The molecule has 1 atom stereocenters. The molecule has 1 saturated heterocycles. The van der Waals surface area contributed by atoms with E-state index in [1.165, 1.54) is 5.56 Å². The molecule has 1 amide bonds. The standard InChI is InChI=1S/C17H25N3O3/c21-17(13-1-2-13)18-9-15-16-14(5-8-23-15)11-20(19-16)10-12-3-6-22-7-4-12/h11-13,15H,1-10H2,(H,18,21)/t15-/m1/s1. The Morgan fingerprint density at radius 1 is 1.26 bits per heavy atom. The van der Waals surface area contributed by atoms with E-state index in [9.17, 15) is 4.79 Å². The van der Waals surface area contributed by atoms with Gasteiger partial charge in [0, 0.05) is 38.4 Å². The molecular weight excluding hydrogens is 294 g/mol. The fourth-order valence-electron chi connectivity index (χ4n) is 3.46. The van der Waals surface area contributed by atoms with Gasteiger partial charge in [-0.3, -0.25) is 9.48 Å². The number of fused-ring (bicyclic) bond motifs is 1. The van der Waals surface area contributed by atoms with Crippen LogP contribution in [0.15, 0.2) is 6.20 Å². The largest absolute Gasteiger partial charge is 0.381 e. The molecule has 1 N–H and O–H groups in total. The van der Waals surface area contributed by atoms with Gasteiger partial charge in [-0.15, -0.1) is 0 Å². The zero-order valence-corrected chi connectivity index (χ0v) is 13.5. The van der Waals surface area contributed by atoms with Crippen molar-refractivity contribution in [1.29, 1.82) is 0 Å². The van der Waals surface area contributed by atoms with Gasteiger partial charge in [0.1, 0.15) is 6.10 Å². The van der Waals surface area contributed by atoms with Crippen molar-refractivity contribution in [3.05, 3.63) is 17.5 Å². The number of rotatable bonds is 5. The Bertz CT molecular complexity index is 561. The second-order valence-electron chi connectivity index (χ2n) is 6.95. The maximum atomic E-state index is 11.8. The van der Waals surface area contributed by atoms with Crippen LogP contribution in [0.1, 0.15) is 43.0 Å². The third-order valence-electron chi connectivity index (χ3n) is 5.06. The van der Waals surface area contributed by atoms with Gasteiger partial charge in [-0.25, -0.2) is 0 Å². The lowest BCUT2D eigenvalue weighted by atomic mass is 10.0. The van der Waals surface area contributed by atoms with Gasteiger partial charge in [0.15, 0.2) is 0 Å². The van der Waals surface area contributed by atoms with Gasteiger partial charge in [0.25, 0.3) is 0 Å². The zero-order chi connectivity index (χ0) is 15.6. The highest BCUT2D eigenvalue weighted by atomic mass is 16.5. The Balaban J connectivity index is 1.39. The summed E-state index contributed by atoms with van der Waals surface area (Å²) < 4.78 is 13.3. The van der Waals surface area contributed by atoms with Crippen LogP contribution < -0.4 is 5.32 Å². The molecule has 4 rings (SSSR count). The number of carbonyl (C=O) groups excluding carboxylic acids is 1. The molecule has 2 aliphatic heterocycles. The van der Waals surface area contributed by atoms with Crippen molar-refractivity contribution in [2.75, 3.05) is 26.4 Å². The maximum Gasteiger partial charge on any atom is 0.223 e. The number of hydrogen-bond acceptors (Lipinski definition) is 4. The normalized spacial score (nSPS) is 25.1. The lowest BCUT2D eigenvalue weighted by molar-refractivity contribution is -0.123. The molecule has 0 radical (unpaired) electrons. The predicted molar refractivity (Wildman–Crippen MR) is 83.9 cm³/mol. The summed E-state index contributed by atoms with van der Waals surface area (Å²) in [5.74, 6) is 1.06. The van der Waals surface area contributed by atoms with E-state index < -0.39 is 0 Å². The second kappa shape index (κ2) is 6.61. The summed E-state index contributed by atoms with van der Waals surface area (Å²) in [5, 5.41) is 7.78. The molecule has 3 aliphatic rings. The van der Waals surface area contributed by atoms with Crippen LogP contribution in [0.2, 0.25) is 0 Å². The van der Waals surface area contributed by atoms with Gasteiger partial charge in [-0.05, 0) is 43.6 Å². The number of hydrogen-bond donors (Lipinski definition) is 1. The minimum absolute atomic E-state index is 0.0996. The van der Waals surface area contributed by atoms with Gasteiger partial charge in [0.2, 0.25) is 5.91 Å². The molecule has 6 nitrogen and oxygen atoms in total. The third-order valence-corrected chi connectivity index (χ3v) is 5.06. The number of nitrogens with zero attached hydrogens (tertiary/aromatic N) is 2. The summed E-state index contributed by atoms with van der Waals surface area (Å²) in [4.78, 5) is 11.8. The van der Waals surface area contributed by atoms with E-state index >= 15 is 0 Å². The molecule has 23 heavy (non-hydrogen) atoms. The highest BCUT2D eigenvalue weighted by Crippen LogP contribution is 2.30. The first kappa shape index (κ1) is 15.1. The van der Waals surface area contributed by atoms with E-state index in [4.69, 9.17) is 14.6 Å². The summed E-state index contributed by atoms with van der Waals surface area (Å²) in [7, 11) is 0. The Morgan fingerprint density at radius 2 is 2.09 bits per heavy atom. The van der Waals surface area contributed by atoms with Crippen molar-refractivity contribution in [3.63, 3.8) is 0 Å². The predicted octanol–water partition coefficient (Wildman–Crippen LogP) is 1.45. The molecule has 0 unspecified atom stereocenters. The van der Waals surface area contributed by atoms with Crippen molar-refractivity contribution >= 4 is 5.91 Å². The molecule has 1 aromatic heterocycles. The molecule has 0 aromatic carbocycles. The van der Waals surface area contributed by atoms with Crippen molar-refractivity contribution in [1.82, 2.24) is 15.1 Å². The number of ether oxygens (including phenoxy) is 2. The molecule has 3 heterocycles. The summed E-state index contributed by atoms with van der Waals surface area (Å²) in [5.41, 5.74) is 2.29.